The fourth-order valence-electron chi connectivity index (χ4n) is 7.61. The zero-order chi connectivity index (χ0) is 16.2. The lowest BCUT2D eigenvalue weighted by Gasteiger charge is -2.60. The second-order valence-electron chi connectivity index (χ2n) is 9.78. The molecule has 0 aromatic carbocycles. The van der Waals surface area contributed by atoms with Crippen LogP contribution in [0.2, 0.25) is 0 Å². The molecule has 8 atom stereocenters. The molecule has 132 valence electrons. The summed E-state index contributed by atoms with van der Waals surface area (Å²) in [5.74, 6) is 3.76. The van der Waals surface area contributed by atoms with Gasteiger partial charge >= 0.3 is 0 Å². The Morgan fingerprint density at radius 3 is 2.30 bits per heavy atom. The molecule has 4 aliphatic carbocycles. The van der Waals surface area contributed by atoms with Gasteiger partial charge in [-0.15, -0.1) is 0 Å². The summed E-state index contributed by atoms with van der Waals surface area (Å²) in [6.45, 7) is 5.22. The van der Waals surface area contributed by atoms with Crippen LogP contribution in [0.15, 0.2) is 0 Å². The third kappa shape index (κ3) is 2.42. The van der Waals surface area contributed by atoms with Crippen molar-refractivity contribution < 1.29 is 9.47 Å². The molecule has 0 N–H and O–H groups in total. The van der Waals surface area contributed by atoms with Gasteiger partial charge in [-0.1, -0.05) is 13.8 Å². The monoisotopic (exact) mass is 320 g/mol. The summed E-state index contributed by atoms with van der Waals surface area (Å²) in [5, 5.41) is 0. The van der Waals surface area contributed by atoms with Gasteiger partial charge in [0.1, 0.15) is 0 Å². The van der Waals surface area contributed by atoms with E-state index < -0.39 is 0 Å². The first-order chi connectivity index (χ1) is 11.0. The summed E-state index contributed by atoms with van der Waals surface area (Å²) in [4.78, 5) is 0. The average molecular weight is 321 g/mol. The van der Waals surface area contributed by atoms with Gasteiger partial charge in [-0.05, 0) is 92.3 Å². The zero-order valence-electron chi connectivity index (χ0n) is 15.6. The lowest BCUT2D eigenvalue weighted by molar-refractivity contribution is -0.125. The minimum absolute atomic E-state index is 0.526. The van der Waals surface area contributed by atoms with Crippen molar-refractivity contribution in [3.8, 4) is 0 Å². The Labute approximate surface area is 142 Å². The standard InChI is InChI=1S/C21H36O2/c1-20-9-8-18-17(19(20)12-16(13-20)23-4)6-5-14-11-15(22-3)7-10-21(14,18)2/h14-19H,5-13H2,1-4H3/t14-,15?,16?,17+,18-,19-,20+,21-/m0/s1. The molecule has 0 bridgehead atoms. The van der Waals surface area contributed by atoms with Gasteiger partial charge in [0.15, 0.2) is 0 Å². The normalized spacial score (nSPS) is 55.8. The van der Waals surface area contributed by atoms with E-state index in [4.69, 9.17) is 9.47 Å². The van der Waals surface area contributed by atoms with E-state index >= 15 is 0 Å². The Bertz CT molecular complexity index is 449. The van der Waals surface area contributed by atoms with Gasteiger partial charge in [0.2, 0.25) is 0 Å². The van der Waals surface area contributed by atoms with Crippen molar-refractivity contribution in [1.29, 1.82) is 0 Å². The van der Waals surface area contributed by atoms with Crippen LogP contribution in [-0.2, 0) is 9.47 Å². The first-order valence-electron chi connectivity index (χ1n) is 10.1. The summed E-state index contributed by atoms with van der Waals surface area (Å²) >= 11 is 0. The molecule has 0 spiro atoms. The fourth-order valence-corrected chi connectivity index (χ4v) is 7.61. The van der Waals surface area contributed by atoms with E-state index in [2.05, 4.69) is 13.8 Å². The van der Waals surface area contributed by atoms with Gasteiger partial charge in [0.05, 0.1) is 12.2 Å². The van der Waals surface area contributed by atoms with E-state index in [1.807, 2.05) is 14.2 Å². The van der Waals surface area contributed by atoms with Crippen molar-refractivity contribution in [2.24, 2.45) is 34.5 Å². The predicted molar refractivity (Wildman–Crippen MR) is 93.3 cm³/mol. The van der Waals surface area contributed by atoms with Crippen LogP contribution < -0.4 is 0 Å². The highest BCUT2D eigenvalue weighted by molar-refractivity contribution is 5.08. The Morgan fingerprint density at radius 2 is 1.57 bits per heavy atom. The molecule has 4 fully saturated rings. The maximum absolute atomic E-state index is 5.79. The molecule has 0 aromatic heterocycles. The molecule has 0 amide bonds. The van der Waals surface area contributed by atoms with E-state index in [-0.39, 0.29) is 0 Å². The number of hydrogen-bond donors (Lipinski definition) is 0. The molecule has 4 rings (SSSR count). The predicted octanol–water partition coefficient (Wildman–Crippen LogP) is 5.06. The van der Waals surface area contributed by atoms with Crippen molar-refractivity contribution in [2.75, 3.05) is 14.2 Å². The fraction of sp³-hybridized carbons (Fsp3) is 1.00. The Hall–Kier alpha value is -0.0800. The topological polar surface area (TPSA) is 18.5 Å². The van der Waals surface area contributed by atoms with Crippen LogP contribution in [0, 0.1) is 34.5 Å². The van der Waals surface area contributed by atoms with Crippen molar-refractivity contribution in [2.45, 2.75) is 83.8 Å². The Kier molecular flexibility index (Phi) is 4.08. The largest absolute Gasteiger partial charge is 0.381 e. The van der Waals surface area contributed by atoms with Crippen LogP contribution in [0.5, 0.6) is 0 Å². The zero-order valence-corrected chi connectivity index (χ0v) is 15.6. The van der Waals surface area contributed by atoms with Crippen molar-refractivity contribution in [1.82, 2.24) is 0 Å². The molecule has 2 heteroatoms. The summed E-state index contributed by atoms with van der Waals surface area (Å²) in [6, 6.07) is 0. The van der Waals surface area contributed by atoms with Crippen molar-refractivity contribution in [3.05, 3.63) is 0 Å². The summed E-state index contributed by atoms with van der Waals surface area (Å²) in [7, 11) is 3.83. The first-order valence-corrected chi connectivity index (χ1v) is 10.1. The van der Waals surface area contributed by atoms with Gasteiger partial charge in [-0.25, -0.2) is 0 Å². The number of rotatable bonds is 2. The minimum Gasteiger partial charge on any atom is -0.381 e. The molecular formula is C21H36O2. The molecule has 23 heavy (non-hydrogen) atoms. The van der Waals surface area contributed by atoms with Crippen LogP contribution in [0.4, 0.5) is 0 Å². The van der Waals surface area contributed by atoms with Gasteiger partial charge in [0.25, 0.3) is 0 Å². The van der Waals surface area contributed by atoms with Gasteiger partial charge in [-0.3, -0.25) is 0 Å². The quantitative estimate of drug-likeness (QED) is 0.708. The molecule has 0 radical (unpaired) electrons. The maximum atomic E-state index is 5.79. The van der Waals surface area contributed by atoms with Crippen LogP contribution in [0.3, 0.4) is 0 Å². The van der Waals surface area contributed by atoms with Crippen molar-refractivity contribution >= 4 is 0 Å². The van der Waals surface area contributed by atoms with Crippen LogP contribution in [0.1, 0.15) is 71.6 Å². The van der Waals surface area contributed by atoms with E-state index in [0.29, 0.717) is 23.0 Å². The van der Waals surface area contributed by atoms with Crippen molar-refractivity contribution in [3.63, 3.8) is 0 Å². The Balaban J connectivity index is 1.57. The molecule has 2 unspecified atom stereocenters. The third-order valence-electron chi connectivity index (χ3n) is 9.01. The SMILES string of the molecule is COC1CC[C@@]2(C)[C@@H](CC[C@H]3[C@@H]4CC(OC)C[C@@]4(C)CC[C@@H]32)C1. The lowest BCUT2D eigenvalue weighted by Crippen LogP contribution is -2.53. The summed E-state index contributed by atoms with van der Waals surface area (Å²) in [5.41, 5.74) is 1.15. The molecule has 0 heterocycles. The molecule has 0 aromatic rings. The third-order valence-corrected chi connectivity index (χ3v) is 9.01. The molecule has 4 aliphatic rings. The second-order valence-corrected chi connectivity index (χ2v) is 9.78. The molecule has 0 aliphatic heterocycles. The average Bonchev–Trinajstić information content (AvgIpc) is 2.91. The highest BCUT2D eigenvalue weighted by Gasteiger charge is 2.59. The molecular weight excluding hydrogens is 284 g/mol. The molecule has 4 saturated carbocycles. The lowest BCUT2D eigenvalue weighted by atomic mass is 9.45. The number of ether oxygens (including phenoxy) is 2. The number of fused-ring (bicyclic) bond motifs is 5. The van der Waals surface area contributed by atoms with Crippen LogP contribution in [0.25, 0.3) is 0 Å². The van der Waals surface area contributed by atoms with E-state index in [9.17, 15) is 0 Å². The smallest absolute Gasteiger partial charge is 0.0579 e. The second kappa shape index (κ2) is 5.73. The van der Waals surface area contributed by atoms with Gasteiger partial charge < -0.3 is 9.47 Å². The first kappa shape index (κ1) is 16.4. The number of hydrogen-bond acceptors (Lipinski definition) is 2. The van der Waals surface area contributed by atoms with E-state index in [0.717, 1.165) is 23.7 Å². The van der Waals surface area contributed by atoms with Gasteiger partial charge in [-0.2, -0.15) is 0 Å². The van der Waals surface area contributed by atoms with E-state index in [1.54, 1.807) is 0 Å². The summed E-state index contributed by atoms with van der Waals surface area (Å²) in [6.07, 6.45) is 13.5. The molecule has 2 nitrogen and oxygen atoms in total. The van der Waals surface area contributed by atoms with Gasteiger partial charge in [0, 0.05) is 14.2 Å². The highest BCUT2D eigenvalue weighted by Crippen LogP contribution is 2.66. The van der Waals surface area contributed by atoms with E-state index in [1.165, 1.54) is 57.8 Å². The minimum atomic E-state index is 0.526. The number of methoxy groups -OCH3 is 2. The maximum Gasteiger partial charge on any atom is 0.0579 e. The molecule has 0 saturated heterocycles. The highest BCUT2D eigenvalue weighted by atomic mass is 16.5. The summed E-state index contributed by atoms with van der Waals surface area (Å²) < 4.78 is 11.5. The van der Waals surface area contributed by atoms with Crippen LogP contribution >= 0.6 is 0 Å². The Morgan fingerprint density at radius 1 is 0.783 bits per heavy atom. The van der Waals surface area contributed by atoms with Crippen LogP contribution in [-0.4, -0.2) is 26.4 Å².